The second-order valence-electron chi connectivity index (χ2n) is 4.30. The number of benzene rings is 1. The molecule has 2 rings (SSSR count). The van der Waals surface area contributed by atoms with E-state index in [1.54, 1.807) is 12.2 Å². The number of amides is 1. The van der Waals surface area contributed by atoms with Crippen LogP contribution in [0.5, 0.6) is 0 Å². The monoisotopic (exact) mass is 265 g/mol. The number of non-ortho nitro benzene ring substituents is 1. The Morgan fingerprint density at radius 3 is 2.74 bits per heavy atom. The van der Waals surface area contributed by atoms with Gasteiger partial charge in [0.05, 0.1) is 22.6 Å². The summed E-state index contributed by atoms with van der Waals surface area (Å²) in [5, 5.41) is 12.9. The van der Waals surface area contributed by atoms with Gasteiger partial charge in [0.15, 0.2) is 5.82 Å². The lowest BCUT2D eigenvalue weighted by molar-refractivity contribution is -0.385. The van der Waals surface area contributed by atoms with E-state index < -0.39 is 16.7 Å². The molecule has 1 aliphatic carbocycles. The number of carbonyl (C=O) groups excluding carboxylic acids is 1. The maximum absolute atomic E-state index is 13.6. The van der Waals surface area contributed by atoms with E-state index >= 15 is 0 Å². The predicted molar refractivity (Wildman–Crippen MR) is 66.9 cm³/mol. The summed E-state index contributed by atoms with van der Waals surface area (Å²) >= 11 is 0. The Bertz CT molecular complexity index is 559. The third-order valence-electron chi connectivity index (χ3n) is 2.87. The first-order chi connectivity index (χ1) is 8.97. The van der Waals surface area contributed by atoms with Crippen molar-refractivity contribution < 1.29 is 14.1 Å². The van der Waals surface area contributed by atoms with Gasteiger partial charge < -0.3 is 11.1 Å². The summed E-state index contributed by atoms with van der Waals surface area (Å²) in [6.07, 6.45) is 3.86. The summed E-state index contributed by atoms with van der Waals surface area (Å²) in [5.41, 5.74) is 5.18. The van der Waals surface area contributed by atoms with Crippen molar-refractivity contribution in [1.82, 2.24) is 0 Å². The Kier molecular flexibility index (Phi) is 3.57. The summed E-state index contributed by atoms with van der Waals surface area (Å²) in [6, 6.07) is 2.91. The number of nitro benzene ring substituents is 1. The SMILES string of the molecule is NC1C=CC(C(=O)Nc2ccc([N+](=O)[O-])cc2F)C1. The summed E-state index contributed by atoms with van der Waals surface area (Å²) in [6.45, 7) is 0. The number of hydrogen-bond donors (Lipinski definition) is 2. The summed E-state index contributed by atoms with van der Waals surface area (Å²) in [7, 11) is 0. The average Bonchev–Trinajstić information content (AvgIpc) is 2.78. The van der Waals surface area contributed by atoms with Gasteiger partial charge in [-0.1, -0.05) is 12.2 Å². The van der Waals surface area contributed by atoms with Gasteiger partial charge in [0, 0.05) is 12.1 Å². The zero-order valence-electron chi connectivity index (χ0n) is 9.88. The van der Waals surface area contributed by atoms with E-state index in [0.29, 0.717) is 6.42 Å². The number of hydrogen-bond acceptors (Lipinski definition) is 4. The fraction of sp³-hybridized carbons (Fsp3) is 0.250. The molecular weight excluding hydrogens is 253 g/mol. The molecule has 1 aliphatic rings. The molecule has 0 saturated heterocycles. The third kappa shape index (κ3) is 2.94. The fourth-order valence-electron chi connectivity index (χ4n) is 1.87. The zero-order chi connectivity index (χ0) is 14.0. The maximum atomic E-state index is 13.6. The highest BCUT2D eigenvalue weighted by molar-refractivity contribution is 5.94. The Morgan fingerprint density at radius 1 is 1.47 bits per heavy atom. The predicted octanol–water partition coefficient (Wildman–Crippen LogP) is 1.58. The lowest BCUT2D eigenvalue weighted by Crippen LogP contribution is -2.24. The molecule has 2 atom stereocenters. The largest absolute Gasteiger partial charge is 0.324 e. The molecule has 0 spiro atoms. The van der Waals surface area contributed by atoms with Crippen molar-refractivity contribution >= 4 is 17.3 Å². The van der Waals surface area contributed by atoms with Gasteiger partial charge in [-0.25, -0.2) is 4.39 Å². The van der Waals surface area contributed by atoms with Crippen LogP contribution >= 0.6 is 0 Å². The molecule has 7 heteroatoms. The molecule has 100 valence electrons. The fourth-order valence-corrected chi connectivity index (χ4v) is 1.87. The summed E-state index contributed by atoms with van der Waals surface area (Å²) in [5.74, 6) is -1.62. The van der Waals surface area contributed by atoms with Crippen LogP contribution in [0.3, 0.4) is 0 Å². The molecule has 6 nitrogen and oxygen atoms in total. The van der Waals surface area contributed by atoms with Crippen molar-refractivity contribution in [2.75, 3.05) is 5.32 Å². The third-order valence-corrected chi connectivity index (χ3v) is 2.87. The number of carbonyl (C=O) groups is 1. The summed E-state index contributed by atoms with van der Waals surface area (Å²) in [4.78, 5) is 21.6. The van der Waals surface area contributed by atoms with E-state index in [2.05, 4.69) is 5.32 Å². The van der Waals surface area contributed by atoms with Crippen molar-refractivity contribution in [3.8, 4) is 0 Å². The minimum atomic E-state index is -0.839. The Hall–Kier alpha value is -2.28. The molecule has 1 aromatic carbocycles. The highest BCUT2D eigenvalue weighted by Gasteiger charge is 2.23. The maximum Gasteiger partial charge on any atom is 0.272 e. The first kappa shape index (κ1) is 13.2. The number of nitrogens with zero attached hydrogens (tertiary/aromatic N) is 1. The second-order valence-corrected chi connectivity index (χ2v) is 4.30. The van der Waals surface area contributed by atoms with Crippen LogP contribution in [0.2, 0.25) is 0 Å². The molecule has 0 aliphatic heterocycles. The number of rotatable bonds is 3. The molecule has 2 unspecified atom stereocenters. The van der Waals surface area contributed by atoms with E-state index in [4.69, 9.17) is 5.73 Å². The Morgan fingerprint density at radius 2 is 2.21 bits per heavy atom. The van der Waals surface area contributed by atoms with E-state index in [0.717, 1.165) is 12.1 Å². The van der Waals surface area contributed by atoms with Gasteiger partial charge in [-0.2, -0.15) is 0 Å². The van der Waals surface area contributed by atoms with Gasteiger partial charge in [-0.15, -0.1) is 0 Å². The minimum Gasteiger partial charge on any atom is -0.324 e. The van der Waals surface area contributed by atoms with E-state index in [1.165, 1.54) is 6.07 Å². The average molecular weight is 265 g/mol. The van der Waals surface area contributed by atoms with Crippen LogP contribution in [0, 0.1) is 21.8 Å². The van der Waals surface area contributed by atoms with Gasteiger partial charge in [0.25, 0.3) is 5.69 Å². The Labute approximate surface area is 108 Å². The second kappa shape index (κ2) is 5.15. The van der Waals surface area contributed by atoms with E-state index in [1.807, 2.05) is 0 Å². The van der Waals surface area contributed by atoms with Crippen LogP contribution in [-0.4, -0.2) is 16.9 Å². The lowest BCUT2D eigenvalue weighted by atomic mass is 10.1. The molecule has 19 heavy (non-hydrogen) atoms. The van der Waals surface area contributed by atoms with Crippen molar-refractivity contribution in [2.45, 2.75) is 12.5 Å². The van der Waals surface area contributed by atoms with Crippen LogP contribution in [0.1, 0.15) is 6.42 Å². The van der Waals surface area contributed by atoms with Crippen molar-refractivity contribution in [1.29, 1.82) is 0 Å². The molecule has 1 amide bonds. The molecule has 0 aromatic heterocycles. The highest BCUT2D eigenvalue weighted by Crippen LogP contribution is 2.23. The zero-order valence-corrected chi connectivity index (χ0v) is 9.88. The molecule has 0 heterocycles. The first-order valence-electron chi connectivity index (χ1n) is 5.66. The molecule has 0 radical (unpaired) electrons. The van der Waals surface area contributed by atoms with Gasteiger partial charge in [0.2, 0.25) is 5.91 Å². The standard InChI is InChI=1S/C12H12FN3O3/c13-10-6-9(16(18)19)3-4-11(10)15-12(17)7-1-2-8(14)5-7/h1-4,6-8H,5,14H2,(H,15,17). The molecular formula is C12H12FN3O3. The normalized spacial score (nSPS) is 21.4. The van der Waals surface area contributed by atoms with Crippen molar-refractivity contribution in [2.24, 2.45) is 11.7 Å². The number of nitrogens with two attached hydrogens (primary N) is 1. The smallest absolute Gasteiger partial charge is 0.272 e. The van der Waals surface area contributed by atoms with Gasteiger partial charge in [0.1, 0.15) is 0 Å². The molecule has 3 N–H and O–H groups in total. The number of anilines is 1. The van der Waals surface area contributed by atoms with Crippen LogP contribution < -0.4 is 11.1 Å². The molecule has 0 bridgehead atoms. The van der Waals surface area contributed by atoms with Crippen LogP contribution in [-0.2, 0) is 4.79 Å². The van der Waals surface area contributed by atoms with Crippen molar-refractivity contribution in [3.05, 3.63) is 46.3 Å². The molecule has 0 fully saturated rings. The summed E-state index contributed by atoms with van der Waals surface area (Å²) < 4.78 is 13.6. The lowest BCUT2D eigenvalue weighted by Gasteiger charge is -2.11. The number of nitrogens with one attached hydrogen (secondary N) is 1. The molecule has 0 saturated carbocycles. The van der Waals surface area contributed by atoms with E-state index in [9.17, 15) is 19.3 Å². The number of nitro groups is 1. The van der Waals surface area contributed by atoms with Crippen molar-refractivity contribution in [3.63, 3.8) is 0 Å². The first-order valence-corrected chi connectivity index (χ1v) is 5.66. The highest BCUT2D eigenvalue weighted by atomic mass is 19.1. The van der Waals surface area contributed by atoms with Crippen LogP contribution in [0.25, 0.3) is 0 Å². The van der Waals surface area contributed by atoms with Crippen LogP contribution in [0.4, 0.5) is 15.8 Å². The minimum absolute atomic E-state index is 0.0792. The Balaban J connectivity index is 2.09. The van der Waals surface area contributed by atoms with E-state index in [-0.39, 0.29) is 23.3 Å². The topological polar surface area (TPSA) is 98.3 Å². The van der Waals surface area contributed by atoms with Crippen LogP contribution in [0.15, 0.2) is 30.4 Å². The molecule has 1 aromatic rings. The quantitative estimate of drug-likeness (QED) is 0.492. The van der Waals surface area contributed by atoms with Gasteiger partial charge in [-0.3, -0.25) is 14.9 Å². The number of halogens is 1. The van der Waals surface area contributed by atoms with Gasteiger partial charge >= 0.3 is 0 Å². The van der Waals surface area contributed by atoms with Gasteiger partial charge in [-0.05, 0) is 12.5 Å².